The van der Waals surface area contributed by atoms with Crippen molar-refractivity contribution in [3.63, 3.8) is 0 Å². The zero-order chi connectivity index (χ0) is 15.4. The van der Waals surface area contributed by atoms with Crippen LogP contribution in [0.25, 0.3) is 0 Å². The smallest absolute Gasteiger partial charge is 0.256 e. The maximum atomic E-state index is 13.8. The molecule has 0 unspecified atom stereocenters. The Hall–Kier alpha value is -1.95. The molecule has 5 nitrogen and oxygen atoms in total. The quantitative estimate of drug-likeness (QED) is 0.890. The largest absolute Gasteiger partial charge is 0.358 e. The van der Waals surface area contributed by atoms with E-state index in [-0.39, 0.29) is 17.4 Å². The number of carbonyl (C=O) groups is 2. The minimum atomic E-state index is -0.479. The van der Waals surface area contributed by atoms with E-state index < -0.39 is 5.82 Å². The summed E-state index contributed by atoms with van der Waals surface area (Å²) in [4.78, 5) is 27.2. The molecule has 0 saturated carbocycles. The van der Waals surface area contributed by atoms with Gasteiger partial charge in [-0.05, 0) is 24.6 Å². The number of carbonyl (C=O) groups excluding carboxylic acids is 2. The van der Waals surface area contributed by atoms with Gasteiger partial charge in [-0.3, -0.25) is 14.5 Å². The van der Waals surface area contributed by atoms with Gasteiger partial charge in [0.15, 0.2) is 0 Å². The molecule has 1 aliphatic rings. The van der Waals surface area contributed by atoms with Gasteiger partial charge in [0.05, 0.1) is 12.1 Å². The SMILES string of the molecule is CNC(=O)CN1CCN(C(=O)c2ccc(C)cc2F)CC1. The van der Waals surface area contributed by atoms with Crippen LogP contribution < -0.4 is 5.32 Å². The van der Waals surface area contributed by atoms with Gasteiger partial charge in [-0.1, -0.05) is 6.07 Å². The predicted octanol–water partition coefficient (Wildman–Crippen LogP) is 0.638. The van der Waals surface area contributed by atoms with Crippen LogP contribution in [0.1, 0.15) is 15.9 Å². The lowest BCUT2D eigenvalue weighted by Gasteiger charge is -2.34. The number of nitrogens with zero attached hydrogens (tertiary/aromatic N) is 2. The summed E-state index contributed by atoms with van der Waals surface area (Å²) in [6, 6.07) is 4.64. The molecular formula is C15H20FN3O2. The van der Waals surface area contributed by atoms with Crippen molar-refractivity contribution in [1.29, 1.82) is 0 Å². The van der Waals surface area contributed by atoms with Crippen molar-refractivity contribution >= 4 is 11.8 Å². The number of hydrogen-bond acceptors (Lipinski definition) is 3. The minimum Gasteiger partial charge on any atom is -0.358 e. The van der Waals surface area contributed by atoms with Crippen molar-refractivity contribution in [3.05, 3.63) is 35.1 Å². The summed E-state index contributed by atoms with van der Waals surface area (Å²) in [5.41, 5.74) is 0.903. The topological polar surface area (TPSA) is 52.7 Å². The summed E-state index contributed by atoms with van der Waals surface area (Å²) in [5.74, 6) is -0.806. The molecule has 0 spiro atoms. The average Bonchev–Trinajstić information content (AvgIpc) is 2.47. The number of piperazine rings is 1. The highest BCUT2D eigenvalue weighted by molar-refractivity contribution is 5.94. The summed E-state index contributed by atoms with van der Waals surface area (Å²) in [7, 11) is 1.60. The number of halogens is 1. The van der Waals surface area contributed by atoms with E-state index in [1.54, 1.807) is 24.9 Å². The van der Waals surface area contributed by atoms with E-state index in [2.05, 4.69) is 5.32 Å². The second kappa shape index (κ2) is 6.67. The van der Waals surface area contributed by atoms with Gasteiger partial charge in [-0.15, -0.1) is 0 Å². The highest BCUT2D eigenvalue weighted by atomic mass is 19.1. The zero-order valence-corrected chi connectivity index (χ0v) is 12.4. The van der Waals surface area contributed by atoms with Crippen LogP contribution in [0.3, 0.4) is 0 Å². The summed E-state index contributed by atoms with van der Waals surface area (Å²) >= 11 is 0. The zero-order valence-electron chi connectivity index (χ0n) is 12.4. The number of aryl methyl sites for hydroxylation is 1. The first-order valence-corrected chi connectivity index (χ1v) is 6.99. The number of benzene rings is 1. The number of rotatable bonds is 3. The molecule has 1 heterocycles. The fraction of sp³-hybridized carbons (Fsp3) is 0.467. The van der Waals surface area contributed by atoms with Gasteiger partial charge in [-0.25, -0.2) is 4.39 Å². The average molecular weight is 293 g/mol. The van der Waals surface area contributed by atoms with Crippen molar-refractivity contribution < 1.29 is 14.0 Å². The Bertz CT molecular complexity index is 540. The molecule has 0 aromatic heterocycles. The third-order valence-corrected chi connectivity index (χ3v) is 3.66. The van der Waals surface area contributed by atoms with Crippen molar-refractivity contribution in [1.82, 2.24) is 15.1 Å². The molecule has 1 fully saturated rings. The van der Waals surface area contributed by atoms with Crippen LogP contribution in [-0.2, 0) is 4.79 Å². The van der Waals surface area contributed by atoms with Crippen LogP contribution in [0.5, 0.6) is 0 Å². The Balaban J connectivity index is 1.95. The van der Waals surface area contributed by atoms with Crippen molar-refractivity contribution in [2.45, 2.75) is 6.92 Å². The molecule has 1 aromatic rings. The first-order chi connectivity index (χ1) is 10.0. The molecule has 0 aliphatic carbocycles. The monoisotopic (exact) mass is 293 g/mol. The Morgan fingerprint density at radius 3 is 2.48 bits per heavy atom. The van der Waals surface area contributed by atoms with Gasteiger partial charge < -0.3 is 10.2 Å². The molecule has 1 aromatic carbocycles. The summed E-state index contributed by atoms with van der Waals surface area (Å²) in [5, 5.41) is 2.57. The number of likely N-dealkylation sites (N-methyl/N-ethyl adjacent to an activating group) is 1. The van der Waals surface area contributed by atoms with Gasteiger partial charge in [-0.2, -0.15) is 0 Å². The van der Waals surface area contributed by atoms with E-state index in [1.165, 1.54) is 12.1 Å². The normalized spacial score (nSPS) is 15.9. The molecule has 0 atom stereocenters. The number of amides is 2. The molecule has 114 valence electrons. The van der Waals surface area contributed by atoms with E-state index >= 15 is 0 Å². The van der Waals surface area contributed by atoms with Gasteiger partial charge in [0.2, 0.25) is 5.91 Å². The van der Waals surface area contributed by atoms with E-state index in [4.69, 9.17) is 0 Å². The molecule has 2 rings (SSSR count). The van der Waals surface area contributed by atoms with E-state index in [0.717, 1.165) is 5.56 Å². The van der Waals surface area contributed by atoms with Crippen LogP contribution in [0.2, 0.25) is 0 Å². The highest BCUT2D eigenvalue weighted by Gasteiger charge is 2.24. The maximum Gasteiger partial charge on any atom is 0.256 e. The van der Waals surface area contributed by atoms with Crippen LogP contribution in [0, 0.1) is 12.7 Å². The lowest BCUT2D eigenvalue weighted by atomic mass is 10.1. The fourth-order valence-corrected chi connectivity index (χ4v) is 2.36. The molecule has 6 heteroatoms. The van der Waals surface area contributed by atoms with E-state index in [1.807, 2.05) is 4.90 Å². The number of hydrogen-bond donors (Lipinski definition) is 1. The van der Waals surface area contributed by atoms with Crippen molar-refractivity contribution in [2.24, 2.45) is 0 Å². The molecular weight excluding hydrogens is 273 g/mol. The van der Waals surface area contributed by atoms with E-state index in [9.17, 15) is 14.0 Å². The van der Waals surface area contributed by atoms with Crippen LogP contribution in [0.4, 0.5) is 4.39 Å². The van der Waals surface area contributed by atoms with Gasteiger partial charge >= 0.3 is 0 Å². The Morgan fingerprint density at radius 2 is 1.90 bits per heavy atom. The second-order valence-electron chi connectivity index (χ2n) is 5.22. The third kappa shape index (κ3) is 3.78. The molecule has 1 N–H and O–H groups in total. The predicted molar refractivity (Wildman–Crippen MR) is 77.5 cm³/mol. The third-order valence-electron chi connectivity index (χ3n) is 3.66. The Morgan fingerprint density at radius 1 is 1.24 bits per heavy atom. The maximum absolute atomic E-state index is 13.8. The second-order valence-corrected chi connectivity index (χ2v) is 5.22. The minimum absolute atomic E-state index is 0.0423. The molecule has 21 heavy (non-hydrogen) atoms. The number of nitrogens with one attached hydrogen (secondary N) is 1. The summed E-state index contributed by atoms with van der Waals surface area (Å²) in [6.45, 7) is 4.36. The molecule has 0 bridgehead atoms. The van der Waals surface area contributed by atoms with Crippen LogP contribution in [0.15, 0.2) is 18.2 Å². The Labute approximate surface area is 123 Å². The lowest BCUT2D eigenvalue weighted by molar-refractivity contribution is -0.122. The van der Waals surface area contributed by atoms with Gasteiger partial charge in [0.25, 0.3) is 5.91 Å². The molecule has 1 aliphatic heterocycles. The Kier molecular flexibility index (Phi) is 4.90. The summed E-state index contributed by atoms with van der Waals surface area (Å²) in [6.07, 6.45) is 0. The van der Waals surface area contributed by atoms with Crippen molar-refractivity contribution in [3.8, 4) is 0 Å². The molecule has 1 saturated heterocycles. The summed E-state index contributed by atoms with van der Waals surface area (Å²) < 4.78 is 13.8. The molecule has 0 radical (unpaired) electrons. The van der Waals surface area contributed by atoms with E-state index in [0.29, 0.717) is 32.7 Å². The lowest BCUT2D eigenvalue weighted by Crippen LogP contribution is -2.51. The van der Waals surface area contributed by atoms with Gasteiger partial charge in [0, 0.05) is 33.2 Å². The fourth-order valence-electron chi connectivity index (χ4n) is 2.36. The molecule has 2 amide bonds. The van der Waals surface area contributed by atoms with Gasteiger partial charge in [0.1, 0.15) is 5.82 Å². The first-order valence-electron chi connectivity index (χ1n) is 6.99. The standard InChI is InChI=1S/C15H20FN3O2/c1-11-3-4-12(13(16)9-11)15(21)19-7-5-18(6-8-19)10-14(20)17-2/h3-4,9H,5-8,10H2,1-2H3,(H,17,20). The van der Waals surface area contributed by atoms with Crippen LogP contribution >= 0.6 is 0 Å². The van der Waals surface area contributed by atoms with Crippen LogP contribution in [-0.4, -0.2) is 61.4 Å². The first kappa shape index (κ1) is 15.4. The van der Waals surface area contributed by atoms with Crippen molar-refractivity contribution in [2.75, 3.05) is 39.8 Å². The highest BCUT2D eigenvalue weighted by Crippen LogP contribution is 2.14.